The number of rotatable bonds is 1. The van der Waals surface area contributed by atoms with Crippen molar-refractivity contribution in [2.24, 2.45) is 0 Å². The smallest absolute Gasteiger partial charge is 0.560 e. The van der Waals surface area contributed by atoms with Crippen LogP contribution in [0.5, 0.6) is 0 Å². The van der Waals surface area contributed by atoms with Crippen molar-refractivity contribution in [3.8, 4) is 0 Å². The molecule has 0 fully saturated rings. The number of benzene rings is 1. The van der Waals surface area contributed by atoms with Crippen LogP contribution in [0.4, 0.5) is 0 Å². The van der Waals surface area contributed by atoms with Gasteiger partial charge < -0.3 is 9.56 Å². The molecule has 0 aliphatic rings. The molecule has 5 nitrogen and oxygen atoms in total. The SMILES string of the molecule is CC(C)(C)c1nc2cccc(S([NH-])(=O)=O)c2o1.[Rb+].[Rb+]. The second kappa shape index (κ2) is 7.66. The van der Waals surface area contributed by atoms with E-state index in [9.17, 15) is 8.42 Å². The fourth-order valence-corrected chi connectivity index (χ4v) is 2.10. The Hall–Kier alpha value is 2.21. The molecule has 2 rings (SSSR count). The Kier molecular flexibility index (Phi) is 8.55. The summed E-state index contributed by atoms with van der Waals surface area (Å²) in [4.78, 5) is 4.10. The monoisotopic (exact) mass is 423 g/mol. The Morgan fingerprint density at radius 3 is 2.26 bits per heavy atom. The van der Waals surface area contributed by atoms with Crippen molar-refractivity contribution in [1.29, 1.82) is 0 Å². The van der Waals surface area contributed by atoms with E-state index in [2.05, 4.69) is 4.98 Å². The molecule has 0 atom stereocenters. The quantitative estimate of drug-likeness (QED) is 0.485. The van der Waals surface area contributed by atoms with E-state index in [-0.39, 0.29) is 132 Å². The summed E-state index contributed by atoms with van der Waals surface area (Å²) < 4.78 is 28.0. The third-order valence-electron chi connectivity index (χ3n) is 2.31. The molecule has 1 aromatic carbocycles. The molecule has 1 aromatic heterocycles. The molecule has 0 bridgehead atoms. The van der Waals surface area contributed by atoms with Crippen molar-refractivity contribution < 1.29 is 129 Å². The van der Waals surface area contributed by atoms with Crippen LogP contribution in [0.25, 0.3) is 16.2 Å². The molecule has 8 heteroatoms. The average Bonchev–Trinajstić information content (AvgIpc) is 2.57. The van der Waals surface area contributed by atoms with E-state index in [1.807, 2.05) is 20.8 Å². The Bertz CT molecular complexity index is 675. The summed E-state index contributed by atoms with van der Waals surface area (Å²) in [7, 11) is -4.05. The Morgan fingerprint density at radius 2 is 1.79 bits per heavy atom. The number of hydrogen-bond donors (Lipinski definition) is 0. The number of nitrogens with one attached hydrogen (secondary N) is 1. The summed E-state index contributed by atoms with van der Waals surface area (Å²) in [6, 6.07) is 4.57. The first-order chi connectivity index (χ1) is 7.69. The summed E-state index contributed by atoms with van der Waals surface area (Å²) in [6.45, 7) is 5.77. The van der Waals surface area contributed by atoms with Crippen LogP contribution in [0.15, 0.2) is 27.5 Å². The van der Waals surface area contributed by atoms with Crippen molar-refractivity contribution >= 4 is 21.1 Å². The van der Waals surface area contributed by atoms with Crippen molar-refractivity contribution in [3.63, 3.8) is 0 Å². The maximum absolute atomic E-state index is 11.3. The van der Waals surface area contributed by atoms with Crippen molar-refractivity contribution in [2.75, 3.05) is 0 Å². The molecule has 0 unspecified atom stereocenters. The van der Waals surface area contributed by atoms with Gasteiger partial charge in [-0.1, -0.05) is 26.8 Å². The van der Waals surface area contributed by atoms with E-state index >= 15 is 0 Å². The normalized spacial score (nSPS) is 11.8. The number of nitrogens with zero attached hydrogens (tertiary/aromatic N) is 1. The van der Waals surface area contributed by atoms with E-state index in [4.69, 9.17) is 9.56 Å². The van der Waals surface area contributed by atoms with Gasteiger partial charge in [0.15, 0.2) is 5.58 Å². The zero-order valence-corrected chi connectivity index (χ0v) is 22.5. The van der Waals surface area contributed by atoms with E-state index in [0.717, 1.165) is 0 Å². The molecular formula is C11H13N2O3Rb2S+. The van der Waals surface area contributed by atoms with E-state index < -0.39 is 10.0 Å². The van der Waals surface area contributed by atoms with Crippen LogP contribution in [0.1, 0.15) is 26.7 Å². The molecule has 19 heavy (non-hydrogen) atoms. The van der Waals surface area contributed by atoms with E-state index in [0.29, 0.717) is 11.4 Å². The molecule has 0 saturated heterocycles. The predicted octanol–water partition coefficient (Wildman–Crippen LogP) is -3.13. The molecule has 1 heterocycles. The number of oxazole rings is 1. The molecule has 0 amide bonds. The first-order valence-electron chi connectivity index (χ1n) is 5.09. The fourth-order valence-electron chi connectivity index (χ4n) is 1.46. The number of hydrogen-bond acceptors (Lipinski definition) is 4. The second-order valence-electron chi connectivity index (χ2n) is 4.88. The van der Waals surface area contributed by atoms with Crippen LogP contribution < -0.4 is 116 Å². The van der Waals surface area contributed by atoms with Gasteiger partial charge in [-0.05, 0) is 12.1 Å². The molecule has 0 radical (unpaired) electrons. The molecule has 92 valence electrons. The van der Waals surface area contributed by atoms with Gasteiger partial charge in [0.05, 0.1) is 4.90 Å². The van der Waals surface area contributed by atoms with Gasteiger partial charge in [-0.25, -0.2) is 13.4 Å². The molecular weight excluding hydrogens is 411 g/mol. The Balaban J connectivity index is 0.00000162. The van der Waals surface area contributed by atoms with E-state index in [1.54, 1.807) is 12.1 Å². The first kappa shape index (κ1) is 21.2. The van der Waals surface area contributed by atoms with Gasteiger partial charge in [0.1, 0.15) is 15.5 Å². The van der Waals surface area contributed by atoms with Crippen LogP contribution in [0, 0.1) is 0 Å². The molecule has 0 aliphatic carbocycles. The summed E-state index contributed by atoms with van der Waals surface area (Å²) >= 11 is 0. The van der Waals surface area contributed by atoms with Crippen LogP contribution in [-0.2, 0) is 15.4 Å². The minimum atomic E-state index is -4.05. The van der Waals surface area contributed by atoms with Gasteiger partial charge >= 0.3 is 116 Å². The van der Waals surface area contributed by atoms with Gasteiger partial charge in [-0.2, -0.15) is 0 Å². The van der Waals surface area contributed by atoms with Crippen molar-refractivity contribution in [2.45, 2.75) is 31.1 Å². The number of sulfonamides is 1. The Morgan fingerprint density at radius 1 is 1.21 bits per heavy atom. The van der Waals surface area contributed by atoms with Gasteiger partial charge in [0.25, 0.3) is 0 Å². The van der Waals surface area contributed by atoms with Gasteiger partial charge in [-0.3, -0.25) is 0 Å². The third-order valence-corrected chi connectivity index (χ3v) is 3.21. The molecule has 0 saturated carbocycles. The summed E-state index contributed by atoms with van der Waals surface area (Å²) in [5.74, 6) is 0.462. The zero-order chi connectivity index (χ0) is 12.8. The van der Waals surface area contributed by atoms with Gasteiger partial charge in [-0.15, -0.1) is 0 Å². The second-order valence-corrected chi connectivity index (χ2v) is 6.32. The van der Waals surface area contributed by atoms with Crippen molar-refractivity contribution in [3.05, 3.63) is 29.2 Å². The zero-order valence-electron chi connectivity index (χ0n) is 11.8. The predicted molar refractivity (Wildman–Crippen MR) is 64.2 cm³/mol. The van der Waals surface area contributed by atoms with Gasteiger partial charge in [0.2, 0.25) is 5.89 Å². The number of fused-ring (bicyclic) bond motifs is 1. The molecule has 2 aromatic rings. The summed E-state index contributed by atoms with van der Waals surface area (Å²) in [5, 5.41) is 7.10. The topological polar surface area (TPSA) is 84.0 Å². The fraction of sp³-hybridized carbons (Fsp3) is 0.364. The van der Waals surface area contributed by atoms with Crippen LogP contribution in [0.3, 0.4) is 0 Å². The molecule has 0 spiro atoms. The maximum atomic E-state index is 11.3. The minimum absolute atomic E-state index is 0. The van der Waals surface area contributed by atoms with Gasteiger partial charge in [0, 0.05) is 5.41 Å². The van der Waals surface area contributed by atoms with Crippen LogP contribution in [0.2, 0.25) is 0 Å². The summed E-state index contributed by atoms with van der Waals surface area (Å²) in [5.41, 5.74) is 0.318. The number of aromatic nitrogens is 1. The minimum Gasteiger partial charge on any atom is -0.560 e. The number of para-hydroxylation sites is 1. The third kappa shape index (κ3) is 5.11. The standard InChI is InChI=1S/C11H13N2O3S.2Rb/c1-11(2,3)10-13-7-5-4-6-8(9(7)16-10)17(12,14)15;;/h4-6H,1-3H3,(H-,12,14,15);;/q-1;2*+1. The van der Waals surface area contributed by atoms with E-state index in [1.165, 1.54) is 6.07 Å². The largest absolute Gasteiger partial charge is 1.00 e. The maximum Gasteiger partial charge on any atom is 1.00 e. The van der Waals surface area contributed by atoms with Crippen molar-refractivity contribution in [1.82, 2.24) is 4.98 Å². The molecule has 1 N–H and O–H groups in total. The average molecular weight is 424 g/mol. The Labute approximate surface area is 210 Å². The van der Waals surface area contributed by atoms with Crippen LogP contribution >= 0.6 is 0 Å². The molecule has 0 aliphatic heterocycles. The van der Waals surface area contributed by atoms with Crippen LogP contribution in [-0.4, -0.2) is 13.4 Å². The summed E-state index contributed by atoms with van der Waals surface area (Å²) in [6.07, 6.45) is 0. The first-order valence-corrected chi connectivity index (χ1v) is 6.57.